The van der Waals surface area contributed by atoms with Crippen LogP contribution >= 0.6 is 0 Å². The van der Waals surface area contributed by atoms with Crippen molar-refractivity contribution >= 4 is 11.6 Å². The van der Waals surface area contributed by atoms with Crippen molar-refractivity contribution in [1.82, 2.24) is 15.1 Å². The van der Waals surface area contributed by atoms with Gasteiger partial charge in [-0.1, -0.05) is 12.1 Å². The SMILES string of the molecule is CCNC(=NCC1CCN(C)C1)N1CCN(c2ccccc2OC)CC1. The van der Waals surface area contributed by atoms with Crippen LogP contribution in [0.2, 0.25) is 0 Å². The molecular weight excluding hydrogens is 326 g/mol. The van der Waals surface area contributed by atoms with Crippen LogP contribution in [0.4, 0.5) is 5.69 Å². The topological polar surface area (TPSA) is 43.3 Å². The molecule has 1 aromatic carbocycles. The summed E-state index contributed by atoms with van der Waals surface area (Å²) >= 11 is 0. The maximum absolute atomic E-state index is 5.52. The maximum Gasteiger partial charge on any atom is 0.194 e. The molecule has 2 saturated heterocycles. The molecule has 0 saturated carbocycles. The molecule has 0 spiro atoms. The van der Waals surface area contributed by atoms with E-state index in [2.05, 4.69) is 46.1 Å². The number of hydrogen-bond acceptors (Lipinski definition) is 4. The summed E-state index contributed by atoms with van der Waals surface area (Å²) in [7, 11) is 3.94. The van der Waals surface area contributed by atoms with E-state index in [1.54, 1.807) is 7.11 Å². The number of aliphatic imine (C=N–C) groups is 1. The fraction of sp³-hybridized carbons (Fsp3) is 0.650. The predicted molar refractivity (Wildman–Crippen MR) is 108 cm³/mol. The van der Waals surface area contributed by atoms with Gasteiger partial charge in [-0.2, -0.15) is 0 Å². The maximum atomic E-state index is 5.52. The number of likely N-dealkylation sites (tertiary alicyclic amines) is 1. The molecule has 1 aromatic rings. The third-order valence-electron chi connectivity index (χ3n) is 5.33. The Balaban J connectivity index is 1.59. The third kappa shape index (κ3) is 4.61. The van der Waals surface area contributed by atoms with Gasteiger partial charge in [0, 0.05) is 45.8 Å². The van der Waals surface area contributed by atoms with Crippen molar-refractivity contribution in [3.63, 3.8) is 0 Å². The highest BCUT2D eigenvalue weighted by molar-refractivity contribution is 5.80. The molecule has 2 aliphatic heterocycles. The molecule has 6 nitrogen and oxygen atoms in total. The van der Waals surface area contributed by atoms with Crippen molar-refractivity contribution in [3.8, 4) is 5.75 Å². The number of para-hydroxylation sites is 2. The zero-order chi connectivity index (χ0) is 18.4. The van der Waals surface area contributed by atoms with Crippen LogP contribution in [-0.4, -0.2) is 82.3 Å². The number of piperazine rings is 1. The number of nitrogens with one attached hydrogen (secondary N) is 1. The summed E-state index contributed by atoms with van der Waals surface area (Å²) in [5.74, 6) is 2.72. The second kappa shape index (κ2) is 9.12. The van der Waals surface area contributed by atoms with E-state index < -0.39 is 0 Å². The van der Waals surface area contributed by atoms with Crippen molar-refractivity contribution in [2.24, 2.45) is 10.9 Å². The van der Waals surface area contributed by atoms with Gasteiger partial charge in [-0.3, -0.25) is 4.99 Å². The van der Waals surface area contributed by atoms with Crippen LogP contribution in [0.3, 0.4) is 0 Å². The highest BCUT2D eigenvalue weighted by Gasteiger charge is 2.23. The number of ether oxygens (including phenoxy) is 1. The van der Waals surface area contributed by atoms with Gasteiger partial charge in [0.25, 0.3) is 0 Å². The monoisotopic (exact) mass is 359 g/mol. The van der Waals surface area contributed by atoms with E-state index in [1.165, 1.54) is 25.2 Å². The van der Waals surface area contributed by atoms with Gasteiger partial charge in [-0.05, 0) is 45.0 Å². The van der Waals surface area contributed by atoms with Crippen LogP contribution in [0.1, 0.15) is 13.3 Å². The van der Waals surface area contributed by atoms with Crippen LogP contribution in [0, 0.1) is 5.92 Å². The number of methoxy groups -OCH3 is 1. The fourth-order valence-electron chi connectivity index (χ4n) is 3.87. The van der Waals surface area contributed by atoms with Crippen LogP contribution in [-0.2, 0) is 0 Å². The Morgan fingerprint density at radius 1 is 1.19 bits per heavy atom. The number of nitrogens with zero attached hydrogens (tertiary/aromatic N) is 4. The van der Waals surface area contributed by atoms with Crippen molar-refractivity contribution in [1.29, 1.82) is 0 Å². The molecule has 0 aliphatic carbocycles. The average Bonchev–Trinajstić information content (AvgIpc) is 3.10. The van der Waals surface area contributed by atoms with E-state index in [-0.39, 0.29) is 0 Å². The Hall–Kier alpha value is -1.95. The van der Waals surface area contributed by atoms with Crippen molar-refractivity contribution in [2.75, 3.05) is 71.4 Å². The van der Waals surface area contributed by atoms with Gasteiger partial charge >= 0.3 is 0 Å². The Morgan fingerprint density at radius 3 is 2.62 bits per heavy atom. The average molecular weight is 360 g/mol. The standard InChI is InChI=1S/C20H33N5O/c1-4-21-20(22-15-17-9-10-23(2)16-17)25-13-11-24(12-14-25)18-7-5-6-8-19(18)26-3/h5-8,17H,4,9-16H2,1-3H3,(H,21,22). The Kier molecular flexibility index (Phi) is 6.61. The highest BCUT2D eigenvalue weighted by Crippen LogP contribution is 2.28. The summed E-state index contributed by atoms with van der Waals surface area (Å²) in [6.45, 7) is 10.3. The molecule has 1 N–H and O–H groups in total. The number of benzene rings is 1. The number of anilines is 1. The lowest BCUT2D eigenvalue weighted by atomic mass is 10.1. The van der Waals surface area contributed by atoms with Gasteiger partial charge in [0.2, 0.25) is 0 Å². The van der Waals surface area contributed by atoms with E-state index >= 15 is 0 Å². The van der Waals surface area contributed by atoms with Gasteiger partial charge in [0.15, 0.2) is 5.96 Å². The largest absolute Gasteiger partial charge is 0.495 e. The number of rotatable bonds is 5. The van der Waals surface area contributed by atoms with E-state index in [9.17, 15) is 0 Å². The van der Waals surface area contributed by atoms with Gasteiger partial charge in [-0.25, -0.2) is 0 Å². The normalized spacial score (nSPS) is 22.0. The second-order valence-corrected chi connectivity index (χ2v) is 7.26. The minimum absolute atomic E-state index is 0.698. The number of guanidine groups is 1. The molecule has 26 heavy (non-hydrogen) atoms. The van der Waals surface area contributed by atoms with Gasteiger partial charge in [0.1, 0.15) is 5.75 Å². The number of hydrogen-bond donors (Lipinski definition) is 1. The first-order chi connectivity index (χ1) is 12.7. The molecule has 2 fully saturated rings. The highest BCUT2D eigenvalue weighted by atomic mass is 16.5. The van der Waals surface area contributed by atoms with Gasteiger partial charge < -0.3 is 24.8 Å². The van der Waals surface area contributed by atoms with Gasteiger partial charge in [0.05, 0.1) is 12.8 Å². The summed E-state index contributed by atoms with van der Waals surface area (Å²) in [6.07, 6.45) is 1.26. The molecule has 144 valence electrons. The van der Waals surface area contributed by atoms with Gasteiger partial charge in [-0.15, -0.1) is 0 Å². The summed E-state index contributed by atoms with van der Waals surface area (Å²) in [4.78, 5) is 12.2. The molecule has 2 aliphatic rings. The Morgan fingerprint density at radius 2 is 1.96 bits per heavy atom. The molecular formula is C20H33N5O. The molecule has 0 aromatic heterocycles. The van der Waals surface area contributed by atoms with Crippen molar-refractivity contribution < 1.29 is 4.74 Å². The summed E-state index contributed by atoms with van der Waals surface area (Å²) in [6, 6.07) is 8.28. The summed E-state index contributed by atoms with van der Waals surface area (Å²) in [5, 5.41) is 3.48. The van der Waals surface area contributed by atoms with Crippen LogP contribution < -0.4 is 15.0 Å². The molecule has 2 heterocycles. The zero-order valence-electron chi connectivity index (χ0n) is 16.4. The lowest BCUT2D eigenvalue weighted by molar-refractivity contribution is 0.364. The Bertz CT molecular complexity index is 598. The van der Waals surface area contributed by atoms with E-state index in [1.807, 2.05) is 12.1 Å². The van der Waals surface area contributed by atoms with Crippen LogP contribution in [0.25, 0.3) is 0 Å². The first-order valence-electron chi connectivity index (χ1n) is 9.81. The quantitative estimate of drug-likeness (QED) is 0.641. The smallest absolute Gasteiger partial charge is 0.194 e. The fourth-order valence-corrected chi connectivity index (χ4v) is 3.87. The first-order valence-corrected chi connectivity index (χ1v) is 9.81. The minimum Gasteiger partial charge on any atom is -0.495 e. The van der Waals surface area contributed by atoms with Crippen LogP contribution in [0.5, 0.6) is 5.75 Å². The summed E-state index contributed by atoms with van der Waals surface area (Å²) in [5.41, 5.74) is 1.19. The molecule has 0 bridgehead atoms. The minimum atomic E-state index is 0.698. The molecule has 1 unspecified atom stereocenters. The molecule has 0 amide bonds. The van der Waals surface area contributed by atoms with E-state index in [0.717, 1.165) is 51.0 Å². The molecule has 3 rings (SSSR count). The molecule has 6 heteroatoms. The molecule has 1 atom stereocenters. The lowest BCUT2D eigenvalue weighted by Gasteiger charge is -2.38. The zero-order valence-corrected chi connectivity index (χ0v) is 16.4. The van der Waals surface area contributed by atoms with Crippen LogP contribution in [0.15, 0.2) is 29.3 Å². The van der Waals surface area contributed by atoms with E-state index in [4.69, 9.17) is 9.73 Å². The van der Waals surface area contributed by atoms with E-state index in [0.29, 0.717) is 5.92 Å². The third-order valence-corrected chi connectivity index (χ3v) is 5.33. The van der Waals surface area contributed by atoms with Crippen molar-refractivity contribution in [3.05, 3.63) is 24.3 Å². The summed E-state index contributed by atoms with van der Waals surface area (Å²) < 4.78 is 5.52. The Labute approximate surface area is 157 Å². The molecule has 0 radical (unpaired) electrons. The lowest BCUT2D eigenvalue weighted by Crippen LogP contribution is -2.52. The first kappa shape index (κ1) is 18.8. The van der Waals surface area contributed by atoms with Crippen molar-refractivity contribution in [2.45, 2.75) is 13.3 Å². The second-order valence-electron chi connectivity index (χ2n) is 7.26. The predicted octanol–water partition coefficient (Wildman–Crippen LogP) is 1.73.